The van der Waals surface area contributed by atoms with Crippen LogP contribution in [0, 0.1) is 0 Å². The van der Waals surface area contributed by atoms with Crippen LogP contribution < -0.4 is 4.74 Å². The van der Waals surface area contributed by atoms with Crippen molar-refractivity contribution in [2.45, 2.75) is 38.3 Å². The van der Waals surface area contributed by atoms with Gasteiger partial charge in [-0.2, -0.15) is 0 Å². The van der Waals surface area contributed by atoms with Gasteiger partial charge in [0.1, 0.15) is 18.2 Å². The van der Waals surface area contributed by atoms with E-state index in [9.17, 15) is 5.11 Å². The third-order valence-electron chi connectivity index (χ3n) is 3.80. The lowest BCUT2D eigenvalue weighted by molar-refractivity contribution is 0.261. The van der Waals surface area contributed by atoms with Crippen LogP contribution in [0.2, 0.25) is 0 Å². The predicted octanol–water partition coefficient (Wildman–Crippen LogP) is 2.65. The number of fused-ring (bicyclic) bond motifs is 1. The monoisotopic (exact) mass is 246 g/mol. The van der Waals surface area contributed by atoms with E-state index in [0.717, 1.165) is 22.6 Å². The Labute approximate surface area is 106 Å². The molecule has 0 saturated heterocycles. The third kappa shape index (κ3) is 1.77. The van der Waals surface area contributed by atoms with Gasteiger partial charge in [0.2, 0.25) is 0 Å². The highest BCUT2D eigenvalue weighted by atomic mass is 16.5. The summed E-state index contributed by atoms with van der Waals surface area (Å²) in [7, 11) is 1.67. The maximum atomic E-state index is 9.49. The summed E-state index contributed by atoms with van der Waals surface area (Å²) in [6, 6.07) is 6.36. The molecule has 1 fully saturated rings. The summed E-state index contributed by atoms with van der Waals surface area (Å²) in [5.41, 5.74) is 2.01. The van der Waals surface area contributed by atoms with Crippen molar-refractivity contribution in [2.24, 2.45) is 0 Å². The fraction of sp³-hybridized carbons (Fsp3) is 0.500. The molecule has 1 aliphatic carbocycles. The van der Waals surface area contributed by atoms with Crippen molar-refractivity contribution in [1.82, 2.24) is 9.55 Å². The molecular weight excluding hydrogens is 228 g/mol. The fourth-order valence-electron chi connectivity index (χ4n) is 2.93. The van der Waals surface area contributed by atoms with Crippen LogP contribution in [0.3, 0.4) is 0 Å². The van der Waals surface area contributed by atoms with E-state index < -0.39 is 0 Å². The molecule has 1 aromatic carbocycles. The predicted molar refractivity (Wildman–Crippen MR) is 69.7 cm³/mol. The van der Waals surface area contributed by atoms with E-state index >= 15 is 0 Å². The first kappa shape index (κ1) is 11.5. The third-order valence-corrected chi connectivity index (χ3v) is 3.80. The average molecular weight is 246 g/mol. The van der Waals surface area contributed by atoms with Gasteiger partial charge in [-0.05, 0) is 25.0 Å². The Morgan fingerprint density at radius 2 is 2.17 bits per heavy atom. The summed E-state index contributed by atoms with van der Waals surface area (Å²) in [6.45, 7) is -0.00645. The molecule has 2 aromatic rings. The van der Waals surface area contributed by atoms with Crippen LogP contribution >= 0.6 is 0 Å². The van der Waals surface area contributed by atoms with Crippen molar-refractivity contribution in [2.75, 3.05) is 7.11 Å². The number of imidazole rings is 1. The van der Waals surface area contributed by atoms with Gasteiger partial charge in [-0.3, -0.25) is 0 Å². The van der Waals surface area contributed by atoms with E-state index in [2.05, 4.69) is 9.55 Å². The van der Waals surface area contributed by atoms with Gasteiger partial charge in [0.05, 0.1) is 18.1 Å². The Bertz CT molecular complexity index is 556. The number of nitrogens with zero attached hydrogens (tertiary/aromatic N) is 2. The van der Waals surface area contributed by atoms with Gasteiger partial charge in [0.15, 0.2) is 0 Å². The molecule has 0 aliphatic heterocycles. The van der Waals surface area contributed by atoms with E-state index in [0.29, 0.717) is 6.04 Å². The second-order valence-electron chi connectivity index (χ2n) is 4.85. The highest BCUT2D eigenvalue weighted by Crippen LogP contribution is 2.34. The minimum atomic E-state index is -0.00645. The average Bonchev–Trinajstić information content (AvgIpc) is 3.03. The van der Waals surface area contributed by atoms with Crippen LogP contribution in [0.5, 0.6) is 5.75 Å². The van der Waals surface area contributed by atoms with Crippen LogP contribution in [-0.4, -0.2) is 21.8 Å². The molecule has 4 nitrogen and oxygen atoms in total. The zero-order valence-corrected chi connectivity index (χ0v) is 10.6. The van der Waals surface area contributed by atoms with Gasteiger partial charge < -0.3 is 14.4 Å². The molecule has 0 amide bonds. The Balaban J connectivity index is 2.17. The van der Waals surface area contributed by atoms with Gasteiger partial charge in [0.25, 0.3) is 0 Å². The molecular formula is C14H18N2O2. The van der Waals surface area contributed by atoms with E-state index in [1.807, 2.05) is 18.2 Å². The molecule has 4 heteroatoms. The van der Waals surface area contributed by atoms with Crippen molar-refractivity contribution >= 4 is 11.0 Å². The van der Waals surface area contributed by atoms with Crippen molar-refractivity contribution in [3.63, 3.8) is 0 Å². The van der Waals surface area contributed by atoms with Crippen molar-refractivity contribution < 1.29 is 9.84 Å². The summed E-state index contributed by atoms with van der Waals surface area (Å²) in [5, 5.41) is 9.49. The number of benzene rings is 1. The van der Waals surface area contributed by atoms with Crippen molar-refractivity contribution in [3.8, 4) is 5.75 Å². The van der Waals surface area contributed by atoms with Crippen LogP contribution in [0.15, 0.2) is 18.2 Å². The molecule has 0 atom stereocenters. The molecule has 1 aromatic heterocycles. The number of aliphatic hydroxyl groups is 1. The quantitative estimate of drug-likeness (QED) is 0.905. The zero-order chi connectivity index (χ0) is 12.5. The summed E-state index contributed by atoms with van der Waals surface area (Å²) < 4.78 is 7.48. The summed E-state index contributed by atoms with van der Waals surface area (Å²) in [6.07, 6.45) is 4.88. The molecule has 1 saturated carbocycles. The van der Waals surface area contributed by atoms with E-state index in [1.165, 1.54) is 25.7 Å². The minimum Gasteiger partial charge on any atom is -0.497 e. The van der Waals surface area contributed by atoms with Gasteiger partial charge >= 0.3 is 0 Å². The highest BCUT2D eigenvalue weighted by Gasteiger charge is 2.22. The fourth-order valence-corrected chi connectivity index (χ4v) is 2.93. The highest BCUT2D eigenvalue weighted by molar-refractivity contribution is 5.78. The summed E-state index contributed by atoms with van der Waals surface area (Å²) >= 11 is 0. The smallest absolute Gasteiger partial charge is 0.135 e. The van der Waals surface area contributed by atoms with Crippen LogP contribution in [0.1, 0.15) is 37.5 Å². The maximum Gasteiger partial charge on any atom is 0.135 e. The Kier molecular flexibility index (Phi) is 2.96. The number of ether oxygens (including phenoxy) is 1. The number of methoxy groups -OCH3 is 1. The van der Waals surface area contributed by atoms with Gasteiger partial charge in [-0.25, -0.2) is 4.98 Å². The molecule has 0 radical (unpaired) electrons. The Morgan fingerprint density at radius 1 is 1.39 bits per heavy atom. The number of hydrogen-bond acceptors (Lipinski definition) is 3. The number of hydrogen-bond donors (Lipinski definition) is 1. The summed E-state index contributed by atoms with van der Waals surface area (Å²) in [4.78, 5) is 4.51. The maximum absolute atomic E-state index is 9.49. The molecule has 0 unspecified atom stereocenters. The topological polar surface area (TPSA) is 47.3 Å². The van der Waals surface area contributed by atoms with E-state index in [-0.39, 0.29) is 6.61 Å². The first-order valence-electron chi connectivity index (χ1n) is 6.49. The van der Waals surface area contributed by atoms with Crippen molar-refractivity contribution in [3.05, 3.63) is 24.0 Å². The molecule has 18 heavy (non-hydrogen) atoms. The van der Waals surface area contributed by atoms with Gasteiger partial charge in [0, 0.05) is 12.1 Å². The second-order valence-corrected chi connectivity index (χ2v) is 4.85. The molecule has 0 bridgehead atoms. The molecule has 3 rings (SSSR count). The first-order valence-corrected chi connectivity index (χ1v) is 6.49. The molecule has 1 aliphatic rings. The largest absolute Gasteiger partial charge is 0.497 e. The standard InChI is InChI=1S/C14H18N2O2/c1-18-11-6-7-12-13(8-11)16(14(9-17)15-12)10-4-2-3-5-10/h6-8,10,17H,2-5,9H2,1H3. The minimum absolute atomic E-state index is 0.00645. The normalized spacial score (nSPS) is 16.6. The molecule has 96 valence electrons. The first-order chi connectivity index (χ1) is 8.83. The van der Waals surface area contributed by atoms with Crippen molar-refractivity contribution in [1.29, 1.82) is 0 Å². The van der Waals surface area contributed by atoms with E-state index in [1.54, 1.807) is 7.11 Å². The molecule has 1 heterocycles. The van der Waals surface area contributed by atoms with Gasteiger partial charge in [-0.1, -0.05) is 12.8 Å². The summed E-state index contributed by atoms with van der Waals surface area (Å²) in [5.74, 6) is 1.61. The lowest BCUT2D eigenvalue weighted by atomic mass is 10.2. The lowest BCUT2D eigenvalue weighted by Gasteiger charge is -2.15. The number of aromatic nitrogens is 2. The Morgan fingerprint density at radius 3 is 2.83 bits per heavy atom. The number of rotatable bonds is 3. The van der Waals surface area contributed by atoms with Crippen LogP contribution in [0.25, 0.3) is 11.0 Å². The van der Waals surface area contributed by atoms with Crippen LogP contribution in [0.4, 0.5) is 0 Å². The number of aliphatic hydroxyl groups excluding tert-OH is 1. The zero-order valence-electron chi connectivity index (χ0n) is 10.6. The molecule has 0 spiro atoms. The molecule has 1 N–H and O–H groups in total. The van der Waals surface area contributed by atoms with Crippen LogP contribution in [-0.2, 0) is 6.61 Å². The SMILES string of the molecule is COc1ccc2nc(CO)n(C3CCCC3)c2c1. The lowest BCUT2D eigenvalue weighted by Crippen LogP contribution is -2.09. The van der Waals surface area contributed by atoms with Gasteiger partial charge in [-0.15, -0.1) is 0 Å². The van der Waals surface area contributed by atoms with E-state index in [4.69, 9.17) is 4.74 Å². The Hall–Kier alpha value is -1.55. The second kappa shape index (κ2) is 4.61.